The highest BCUT2D eigenvalue weighted by atomic mass is 16.6. The normalized spacial score (nSPS) is 53.1. The third-order valence-electron chi connectivity index (χ3n) is 6.44. The zero-order valence-corrected chi connectivity index (χ0v) is 12.9. The molecule has 1 heterocycles. The minimum absolute atomic E-state index is 0.113. The summed E-state index contributed by atoms with van der Waals surface area (Å²) in [6.45, 7) is 7.77. The molecule has 5 nitrogen and oxygen atoms in total. The second kappa shape index (κ2) is 4.31. The number of esters is 1. The van der Waals surface area contributed by atoms with E-state index >= 15 is 0 Å². The van der Waals surface area contributed by atoms with Gasteiger partial charge in [0, 0.05) is 18.9 Å². The molecule has 6 atom stereocenters. The molecule has 118 valence electrons. The smallest absolute Gasteiger partial charge is 0.336 e. The lowest BCUT2D eigenvalue weighted by atomic mass is 9.48. The molecule has 3 fully saturated rings. The first-order valence-corrected chi connectivity index (χ1v) is 7.57. The summed E-state index contributed by atoms with van der Waals surface area (Å²) in [5, 5.41) is 22.3. The quantitative estimate of drug-likeness (QED) is 0.561. The number of ether oxygens (including phenoxy) is 2. The number of methoxy groups -OCH3 is 1. The van der Waals surface area contributed by atoms with Gasteiger partial charge in [-0.1, -0.05) is 20.4 Å². The van der Waals surface area contributed by atoms with Crippen LogP contribution < -0.4 is 0 Å². The molecule has 2 N–H and O–H groups in total. The Bertz CT molecular complexity index is 503. The van der Waals surface area contributed by atoms with E-state index in [-0.39, 0.29) is 30.4 Å². The van der Waals surface area contributed by atoms with Crippen molar-refractivity contribution in [3.8, 4) is 0 Å². The predicted octanol–water partition coefficient (Wildman–Crippen LogP) is 1.18. The number of aliphatic hydroxyl groups is 2. The van der Waals surface area contributed by atoms with Crippen LogP contribution in [0.5, 0.6) is 0 Å². The van der Waals surface area contributed by atoms with Gasteiger partial charge in [0.15, 0.2) is 0 Å². The second-order valence-electron chi connectivity index (χ2n) is 7.22. The van der Waals surface area contributed by atoms with Gasteiger partial charge in [-0.15, -0.1) is 0 Å². The Kier molecular flexibility index (Phi) is 3.08. The van der Waals surface area contributed by atoms with E-state index in [9.17, 15) is 15.0 Å². The van der Waals surface area contributed by atoms with E-state index in [1.54, 1.807) is 7.11 Å². The summed E-state index contributed by atoms with van der Waals surface area (Å²) in [5.41, 5.74) is -2.92. The van der Waals surface area contributed by atoms with Crippen molar-refractivity contribution in [3.63, 3.8) is 0 Å². The summed E-state index contributed by atoms with van der Waals surface area (Å²) in [5.74, 6) is -0.350. The van der Waals surface area contributed by atoms with Gasteiger partial charge in [0.25, 0.3) is 0 Å². The molecule has 3 aliphatic rings. The second-order valence-corrected chi connectivity index (χ2v) is 7.22. The Morgan fingerprint density at radius 2 is 2.05 bits per heavy atom. The molecule has 1 aliphatic heterocycles. The van der Waals surface area contributed by atoms with E-state index in [2.05, 4.69) is 13.5 Å². The Morgan fingerprint density at radius 1 is 1.38 bits per heavy atom. The molecule has 0 bridgehead atoms. The molecule has 2 saturated carbocycles. The van der Waals surface area contributed by atoms with E-state index in [1.165, 1.54) is 0 Å². The largest absolute Gasteiger partial charge is 0.455 e. The van der Waals surface area contributed by atoms with Gasteiger partial charge in [-0.05, 0) is 25.2 Å². The fraction of sp³-hybridized carbons (Fsp3) is 0.812. The lowest BCUT2D eigenvalue weighted by molar-refractivity contribution is -0.265. The zero-order chi connectivity index (χ0) is 15.6. The number of hydrogen-bond acceptors (Lipinski definition) is 5. The van der Waals surface area contributed by atoms with Crippen LogP contribution in [-0.4, -0.2) is 46.7 Å². The number of hydrogen-bond donors (Lipinski definition) is 2. The number of carbonyl (C=O) groups excluding carboxylic acids is 1. The molecule has 0 amide bonds. The molecule has 2 aliphatic carbocycles. The molecule has 6 unspecified atom stereocenters. The molecular weight excluding hydrogens is 272 g/mol. The van der Waals surface area contributed by atoms with Crippen LogP contribution in [0.2, 0.25) is 0 Å². The van der Waals surface area contributed by atoms with Crippen molar-refractivity contribution in [1.29, 1.82) is 0 Å². The standard InChI is InChI=1S/C16H24O5/c1-9-5-6-11(20-4)16(19)7-12-15(18,8-14(9,16)3)10(2)13(17)21-12/h9,11-12,18-19H,2,5-8H2,1,3-4H3. The molecule has 0 aromatic heterocycles. The third-order valence-corrected chi connectivity index (χ3v) is 6.44. The van der Waals surface area contributed by atoms with Crippen molar-refractivity contribution in [2.24, 2.45) is 11.3 Å². The highest BCUT2D eigenvalue weighted by molar-refractivity contribution is 5.93. The molecule has 0 radical (unpaired) electrons. The van der Waals surface area contributed by atoms with Crippen LogP contribution in [0.1, 0.15) is 39.5 Å². The molecule has 3 rings (SSSR count). The molecule has 1 saturated heterocycles. The van der Waals surface area contributed by atoms with Crippen molar-refractivity contribution < 1.29 is 24.5 Å². The highest BCUT2D eigenvalue weighted by Crippen LogP contribution is 2.61. The van der Waals surface area contributed by atoms with Gasteiger partial charge in [-0.3, -0.25) is 0 Å². The van der Waals surface area contributed by atoms with Gasteiger partial charge < -0.3 is 19.7 Å². The maximum absolute atomic E-state index is 11.8. The van der Waals surface area contributed by atoms with E-state index in [0.717, 1.165) is 12.8 Å². The van der Waals surface area contributed by atoms with E-state index in [0.29, 0.717) is 0 Å². The fourth-order valence-electron chi connectivity index (χ4n) is 4.70. The molecular formula is C16H24O5. The first kappa shape index (κ1) is 15.0. The van der Waals surface area contributed by atoms with Crippen LogP contribution >= 0.6 is 0 Å². The monoisotopic (exact) mass is 296 g/mol. The maximum atomic E-state index is 11.8. The van der Waals surface area contributed by atoms with Crippen molar-refractivity contribution in [1.82, 2.24) is 0 Å². The topological polar surface area (TPSA) is 76.0 Å². The van der Waals surface area contributed by atoms with Gasteiger partial charge in [0.2, 0.25) is 0 Å². The van der Waals surface area contributed by atoms with Crippen LogP contribution in [0, 0.1) is 11.3 Å². The summed E-state index contributed by atoms with van der Waals surface area (Å²) >= 11 is 0. The van der Waals surface area contributed by atoms with Gasteiger partial charge in [0.05, 0.1) is 11.7 Å². The summed E-state index contributed by atoms with van der Waals surface area (Å²) in [6.07, 6.45) is 1.10. The molecule has 5 heteroatoms. The van der Waals surface area contributed by atoms with Gasteiger partial charge in [-0.2, -0.15) is 0 Å². The number of rotatable bonds is 1. The summed E-state index contributed by atoms with van der Waals surface area (Å²) in [7, 11) is 1.60. The fourth-order valence-corrected chi connectivity index (χ4v) is 4.70. The van der Waals surface area contributed by atoms with Gasteiger partial charge >= 0.3 is 5.97 Å². The summed E-state index contributed by atoms with van der Waals surface area (Å²) in [4.78, 5) is 11.8. The third kappa shape index (κ3) is 1.65. The zero-order valence-electron chi connectivity index (χ0n) is 12.9. The van der Waals surface area contributed by atoms with Crippen LogP contribution in [0.3, 0.4) is 0 Å². The average molecular weight is 296 g/mol. The Hall–Kier alpha value is -0.910. The van der Waals surface area contributed by atoms with Crippen molar-refractivity contribution >= 4 is 5.97 Å². The maximum Gasteiger partial charge on any atom is 0.336 e. The molecule has 0 aromatic carbocycles. The Balaban J connectivity index is 2.07. The van der Waals surface area contributed by atoms with E-state index < -0.39 is 28.7 Å². The van der Waals surface area contributed by atoms with Crippen LogP contribution in [0.25, 0.3) is 0 Å². The van der Waals surface area contributed by atoms with Crippen LogP contribution in [-0.2, 0) is 14.3 Å². The minimum atomic E-state index is -1.37. The number of carbonyl (C=O) groups is 1. The summed E-state index contributed by atoms with van der Waals surface area (Å²) < 4.78 is 10.8. The Labute approximate surface area is 124 Å². The van der Waals surface area contributed by atoms with E-state index in [4.69, 9.17) is 9.47 Å². The summed E-state index contributed by atoms with van der Waals surface area (Å²) in [6, 6.07) is 0. The first-order valence-electron chi connectivity index (χ1n) is 7.57. The van der Waals surface area contributed by atoms with Crippen molar-refractivity contribution in [2.75, 3.05) is 7.11 Å². The SMILES string of the molecule is C=C1C(=O)OC2CC3(O)C(OC)CCC(C)C3(C)CC12O. The molecule has 21 heavy (non-hydrogen) atoms. The lowest BCUT2D eigenvalue weighted by Crippen LogP contribution is -2.69. The molecule has 0 aromatic rings. The average Bonchev–Trinajstić information content (AvgIpc) is 2.62. The first-order chi connectivity index (χ1) is 9.69. The van der Waals surface area contributed by atoms with Gasteiger partial charge in [-0.25, -0.2) is 4.79 Å². The van der Waals surface area contributed by atoms with Gasteiger partial charge in [0.1, 0.15) is 17.3 Å². The number of fused-ring (bicyclic) bond motifs is 2. The predicted molar refractivity (Wildman–Crippen MR) is 75.5 cm³/mol. The highest BCUT2D eigenvalue weighted by Gasteiger charge is 2.69. The lowest BCUT2D eigenvalue weighted by Gasteiger charge is -2.61. The van der Waals surface area contributed by atoms with Crippen molar-refractivity contribution in [2.45, 2.75) is 62.9 Å². The molecule has 0 spiro atoms. The van der Waals surface area contributed by atoms with Crippen molar-refractivity contribution in [3.05, 3.63) is 12.2 Å². The van der Waals surface area contributed by atoms with Crippen LogP contribution in [0.4, 0.5) is 0 Å². The minimum Gasteiger partial charge on any atom is -0.455 e. The Morgan fingerprint density at radius 3 is 2.67 bits per heavy atom. The van der Waals surface area contributed by atoms with Crippen LogP contribution in [0.15, 0.2) is 12.2 Å². The van der Waals surface area contributed by atoms with E-state index in [1.807, 2.05) is 6.92 Å².